The largest absolute Gasteiger partial charge is 0.462 e. The van der Waals surface area contributed by atoms with Crippen molar-refractivity contribution in [2.24, 2.45) is 0 Å². The van der Waals surface area contributed by atoms with E-state index in [1.54, 1.807) is 0 Å². The number of carbonyl (C=O) groups excluding carboxylic acids is 2. The van der Waals surface area contributed by atoms with E-state index in [1.165, 1.54) is 135 Å². The van der Waals surface area contributed by atoms with Crippen LogP contribution in [0.1, 0.15) is 258 Å². The molecule has 0 fully saturated rings. The van der Waals surface area contributed by atoms with Crippen LogP contribution in [0.25, 0.3) is 0 Å². The van der Waals surface area contributed by atoms with E-state index in [-0.39, 0.29) is 24.9 Å². The molecule has 0 aliphatic carbocycles. The Morgan fingerprint density at radius 1 is 0.468 bits per heavy atom. The van der Waals surface area contributed by atoms with Gasteiger partial charge in [-0.15, -0.1) is 0 Å². The highest BCUT2D eigenvalue weighted by atomic mass is 16.5. The third kappa shape index (κ3) is 44.2. The number of amides is 1. The van der Waals surface area contributed by atoms with Crippen molar-refractivity contribution >= 4 is 11.9 Å². The maximum absolute atomic E-state index is 13.2. The van der Waals surface area contributed by atoms with E-state index in [0.717, 1.165) is 77.0 Å². The monoisotopic (exact) mass is 868 g/mol. The molecule has 3 atom stereocenters. The molecular formula is C56H101NO5. The van der Waals surface area contributed by atoms with Crippen molar-refractivity contribution < 1.29 is 24.5 Å². The Hall–Kier alpha value is -2.44. The normalized spacial score (nSPS) is 13.7. The van der Waals surface area contributed by atoms with Crippen molar-refractivity contribution in [3.63, 3.8) is 0 Å². The molecule has 0 heterocycles. The summed E-state index contributed by atoms with van der Waals surface area (Å²) >= 11 is 0. The van der Waals surface area contributed by atoms with Gasteiger partial charge in [0.15, 0.2) is 0 Å². The smallest absolute Gasteiger partial charge is 0.306 e. The van der Waals surface area contributed by atoms with Crippen LogP contribution in [0.2, 0.25) is 0 Å². The SMILES string of the molecule is CCC/C=C/C=C/C=C/C=C/C=C/CCCCCCCC(=O)OC(CCCCCCCCCCCCC)CC(=O)NC(CO)C(O)CCCCCCCCCCCCCCCC. The summed E-state index contributed by atoms with van der Waals surface area (Å²) in [6.07, 6.45) is 61.3. The molecule has 0 saturated carbocycles. The summed E-state index contributed by atoms with van der Waals surface area (Å²) in [5, 5.41) is 23.8. The molecule has 62 heavy (non-hydrogen) atoms. The zero-order valence-electron chi connectivity index (χ0n) is 41.0. The fraction of sp³-hybridized carbons (Fsp3) is 0.786. The van der Waals surface area contributed by atoms with Gasteiger partial charge in [0, 0.05) is 6.42 Å². The van der Waals surface area contributed by atoms with Gasteiger partial charge < -0.3 is 20.3 Å². The van der Waals surface area contributed by atoms with Crippen LogP contribution in [-0.2, 0) is 14.3 Å². The van der Waals surface area contributed by atoms with Crippen molar-refractivity contribution in [3.05, 3.63) is 60.8 Å². The number of ether oxygens (including phenoxy) is 1. The molecule has 0 aromatic carbocycles. The van der Waals surface area contributed by atoms with Crippen molar-refractivity contribution in [3.8, 4) is 0 Å². The quantitative estimate of drug-likeness (QED) is 0.0322. The molecule has 0 spiro atoms. The van der Waals surface area contributed by atoms with Crippen LogP contribution in [-0.4, -0.2) is 46.9 Å². The van der Waals surface area contributed by atoms with Gasteiger partial charge in [-0.3, -0.25) is 9.59 Å². The summed E-state index contributed by atoms with van der Waals surface area (Å²) in [6, 6.07) is -0.706. The average Bonchev–Trinajstić information content (AvgIpc) is 3.26. The van der Waals surface area contributed by atoms with Gasteiger partial charge in [-0.1, -0.05) is 261 Å². The Morgan fingerprint density at radius 2 is 0.855 bits per heavy atom. The standard InChI is InChI=1S/C56H101NO5/c1-4-7-10-13-16-19-22-24-26-27-28-29-31-34-37-40-43-46-49-56(61)62-52(47-44-41-38-35-32-21-18-15-12-9-6-3)50-55(60)57-53(51-58)54(59)48-45-42-39-36-33-30-25-23-20-17-14-11-8-5-2/h10,13,16,19,22,24,26-29,52-54,58-59H,4-9,11-12,14-15,17-18,20-21,23,25,30-51H2,1-3H3,(H,57,60)/b13-10+,19-16+,24-22+,27-26+,29-28+. The molecule has 0 aromatic rings. The Kier molecular flexibility index (Phi) is 47.6. The number of unbranched alkanes of at least 4 members (excludes halogenated alkanes) is 29. The Labute approximate surface area is 384 Å². The number of nitrogens with one attached hydrogen (secondary N) is 1. The van der Waals surface area contributed by atoms with E-state index >= 15 is 0 Å². The first-order valence-electron chi connectivity index (χ1n) is 26.6. The number of allylic oxidation sites excluding steroid dienone is 10. The van der Waals surface area contributed by atoms with Crippen LogP contribution in [0.5, 0.6) is 0 Å². The van der Waals surface area contributed by atoms with E-state index in [4.69, 9.17) is 4.74 Å². The van der Waals surface area contributed by atoms with Crippen molar-refractivity contribution in [2.75, 3.05) is 6.61 Å². The molecule has 6 heteroatoms. The number of aliphatic hydroxyl groups is 2. The summed E-state index contributed by atoms with van der Waals surface area (Å²) in [4.78, 5) is 26.2. The highest BCUT2D eigenvalue weighted by Crippen LogP contribution is 2.18. The first-order chi connectivity index (χ1) is 30.5. The molecule has 0 aromatic heterocycles. The first kappa shape index (κ1) is 59.6. The summed E-state index contributed by atoms with van der Waals surface area (Å²) in [5.74, 6) is -0.497. The number of hydrogen-bond acceptors (Lipinski definition) is 5. The molecule has 0 bridgehead atoms. The lowest BCUT2D eigenvalue weighted by molar-refractivity contribution is -0.151. The Bertz CT molecular complexity index is 1110. The molecule has 360 valence electrons. The molecule has 0 saturated heterocycles. The van der Waals surface area contributed by atoms with Crippen LogP contribution in [0.3, 0.4) is 0 Å². The summed E-state index contributed by atoms with van der Waals surface area (Å²) in [7, 11) is 0. The lowest BCUT2D eigenvalue weighted by Gasteiger charge is -2.24. The van der Waals surface area contributed by atoms with E-state index < -0.39 is 18.2 Å². The van der Waals surface area contributed by atoms with E-state index in [2.05, 4.69) is 62.5 Å². The maximum atomic E-state index is 13.2. The third-order valence-corrected chi connectivity index (χ3v) is 12.0. The molecule has 0 rings (SSSR count). The molecule has 3 unspecified atom stereocenters. The molecule has 3 N–H and O–H groups in total. The zero-order valence-corrected chi connectivity index (χ0v) is 41.0. The second-order valence-corrected chi connectivity index (χ2v) is 18.1. The fourth-order valence-electron chi connectivity index (χ4n) is 7.93. The maximum Gasteiger partial charge on any atom is 0.306 e. The molecule has 0 radical (unpaired) electrons. The van der Waals surface area contributed by atoms with Gasteiger partial charge in [-0.05, 0) is 44.9 Å². The topological polar surface area (TPSA) is 95.9 Å². The van der Waals surface area contributed by atoms with Crippen LogP contribution in [0.4, 0.5) is 0 Å². The zero-order chi connectivity index (χ0) is 45.2. The third-order valence-electron chi connectivity index (χ3n) is 12.0. The molecule has 1 amide bonds. The van der Waals surface area contributed by atoms with Crippen LogP contribution in [0.15, 0.2) is 60.8 Å². The van der Waals surface area contributed by atoms with E-state index in [1.807, 2.05) is 24.3 Å². The summed E-state index contributed by atoms with van der Waals surface area (Å²) in [6.45, 7) is 6.40. The van der Waals surface area contributed by atoms with Crippen molar-refractivity contribution in [2.45, 2.75) is 277 Å². The van der Waals surface area contributed by atoms with Crippen molar-refractivity contribution in [1.82, 2.24) is 5.32 Å². The van der Waals surface area contributed by atoms with Crippen LogP contribution < -0.4 is 5.32 Å². The van der Waals surface area contributed by atoms with Gasteiger partial charge in [0.05, 0.1) is 25.2 Å². The predicted octanol–water partition coefficient (Wildman–Crippen LogP) is 16.0. The highest BCUT2D eigenvalue weighted by Gasteiger charge is 2.24. The lowest BCUT2D eigenvalue weighted by atomic mass is 10.0. The van der Waals surface area contributed by atoms with Gasteiger partial charge in [0.25, 0.3) is 0 Å². The summed E-state index contributed by atoms with van der Waals surface area (Å²) in [5.41, 5.74) is 0. The summed E-state index contributed by atoms with van der Waals surface area (Å²) < 4.78 is 5.93. The fourth-order valence-corrected chi connectivity index (χ4v) is 7.93. The Morgan fingerprint density at radius 3 is 1.31 bits per heavy atom. The predicted molar refractivity (Wildman–Crippen MR) is 268 cm³/mol. The molecule has 0 aliphatic heterocycles. The number of rotatable bonds is 47. The number of carbonyl (C=O) groups is 2. The minimum atomic E-state index is -0.792. The second kappa shape index (κ2) is 49.6. The van der Waals surface area contributed by atoms with Gasteiger partial charge in [0.2, 0.25) is 5.91 Å². The van der Waals surface area contributed by atoms with Crippen LogP contribution in [0, 0.1) is 0 Å². The van der Waals surface area contributed by atoms with E-state index in [0.29, 0.717) is 19.3 Å². The first-order valence-corrected chi connectivity index (χ1v) is 26.6. The van der Waals surface area contributed by atoms with Crippen LogP contribution >= 0.6 is 0 Å². The van der Waals surface area contributed by atoms with Gasteiger partial charge in [-0.25, -0.2) is 0 Å². The van der Waals surface area contributed by atoms with Gasteiger partial charge in [0.1, 0.15) is 6.10 Å². The molecular weight excluding hydrogens is 767 g/mol. The minimum absolute atomic E-state index is 0.0678. The van der Waals surface area contributed by atoms with Gasteiger partial charge >= 0.3 is 5.97 Å². The van der Waals surface area contributed by atoms with E-state index in [9.17, 15) is 19.8 Å². The number of hydrogen-bond donors (Lipinski definition) is 3. The minimum Gasteiger partial charge on any atom is -0.462 e. The number of aliphatic hydroxyl groups excluding tert-OH is 2. The number of esters is 1. The second-order valence-electron chi connectivity index (χ2n) is 18.1. The highest BCUT2D eigenvalue weighted by molar-refractivity contribution is 5.77. The molecule has 0 aliphatic rings. The average molecular weight is 868 g/mol. The van der Waals surface area contributed by atoms with Crippen molar-refractivity contribution in [1.29, 1.82) is 0 Å². The Balaban J connectivity index is 4.56. The van der Waals surface area contributed by atoms with Gasteiger partial charge in [-0.2, -0.15) is 0 Å². The lowest BCUT2D eigenvalue weighted by Crippen LogP contribution is -2.46. The molecule has 6 nitrogen and oxygen atoms in total.